The molecule has 5 aromatic rings. The minimum atomic E-state index is 0.639. The summed E-state index contributed by atoms with van der Waals surface area (Å²) in [6.07, 6.45) is 4.18. The van der Waals surface area contributed by atoms with Gasteiger partial charge in [0.1, 0.15) is 5.65 Å². The SMILES string of the molecule is N#Cc1cccc(-c2cc(-c3ccccc3)cn3cc(-c4ccccc4)nc23)c1. The molecule has 0 unspecified atom stereocenters. The van der Waals surface area contributed by atoms with Crippen LogP contribution in [-0.4, -0.2) is 9.38 Å². The zero-order valence-electron chi connectivity index (χ0n) is 15.7. The van der Waals surface area contributed by atoms with E-state index in [4.69, 9.17) is 4.98 Å². The van der Waals surface area contributed by atoms with Crippen LogP contribution in [0.2, 0.25) is 0 Å². The van der Waals surface area contributed by atoms with Crippen molar-refractivity contribution in [2.24, 2.45) is 0 Å². The van der Waals surface area contributed by atoms with Gasteiger partial charge in [-0.15, -0.1) is 0 Å². The second kappa shape index (κ2) is 7.10. The van der Waals surface area contributed by atoms with Gasteiger partial charge >= 0.3 is 0 Å². The summed E-state index contributed by atoms with van der Waals surface area (Å²) in [7, 11) is 0. The fraction of sp³-hybridized carbons (Fsp3) is 0. The molecule has 0 amide bonds. The monoisotopic (exact) mass is 371 g/mol. The van der Waals surface area contributed by atoms with Crippen LogP contribution in [-0.2, 0) is 0 Å². The predicted octanol–water partition coefficient (Wildman–Crippen LogP) is 6.21. The van der Waals surface area contributed by atoms with Crippen molar-refractivity contribution in [3.8, 4) is 39.6 Å². The molecule has 0 aliphatic carbocycles. The molecule has 0 radical (unpaired) electrons. The van der Waals surface area contributed by atoms with Crippen molar-refractivity contribution in [3.63, 3.8) is 0 Å². The lowest BCUT2D eigenvalue weighted by Gasteiger charge is -2.09. The Morgan fingerprint density at radius 3 is 2.07 bits per heavy atom. The van der Waals surface area contributed by atoms with E-state index in [1.165, 1.54) is 0 Å². The van der Waals surface area contributed by atoms with E-state index in [-0.39, 0.29) is 0 Å². The topological polar surface area (TPSA) is 41.1 Å². The lowest BCUT2D eigenvalue weighted by Crippen LogP contribution is -1.91. The van der Waals surface area contributed by atoms with E-state index in [1.807, 2.05) is 60.7 Å². The first-order valence-electron chi connectivity index (χ1n) is 9.46. The van der Waals surface area contributed by atoms with Crippen LogP contribution in [0.1, 0.15) is 5.56 Å². The van der Waals surface area contributed by atoms with Gasteiger partial charge in [0.25, 0.3) is 0 Å². The second-order valence-electron chi connectivity index (χ2n) is 6.92. The smallest absolute Gasteiger partial charge is 0.145 e. The largest absolute Gasteiger partial charge is 0.305 e. The summed E-state index contributed by atoms with van der Waals surface area (Å²) in [6, 6.07) is 32.6. The number of hydrogen-bond donors (Lipinski definition) is 0. The fourth-order valence-corrected chi connectivity index (χ4v) is 3.60. The quantitative estimate of drug-likeness (QED) is 0.378. The lowest BCUT2D eigenvalue weighted by molar-refractivity contribution is 1.19. The maximum absolute atomic E-state index is 9.34. The van der Waals surface area contributed by atoms with Crippen molar-refractivity contribution in [2.45, 2.75) is 0 Å². The van der Waals surface area contributed by atoms with Gasteiger partial charge in [0, 0.05) is 23.5 Å². The van der Waals surface area contributed by atoms with Crippen molar-refractivity contribution in [3.05, 3.63) is 109 Å². The molecule has 0 N–H and O–H groups in total. The Morgan fingerprint density at radius 2 is 1.34 bits per heavy atom. The Balaban J connectivity index is 1.78. The maximum atomic E-state index is 9.34. The van der Waals surface area contributed by atoms with E-state index in [0.717, 1.165) is 39.2 Å². The first-order chi connectivity index (χ1) is 14.3. The third kappa shape index (κ3) is 3.18. The Bertz CT molecular complexity index is 1340. The number of imidazole rings is 1. The minimum absolute atomic E-state index is 0.639. The van der Waals surface area contributed by atoms with Crippen LogP contribution in [0.3, 0.4) is 0 Å². The van der Waals surface area contributed by atoms with Gasteiger partial charge in [0.05, 0.1) is 17.3 Å². The first kappa shape index (κ1) is 17.0. The molecule has 0 aliphatic heterocycles. The predicted molar refractivity (Wildman–Crippen MR) is 116 cm³/mol. The Morgan fingerprint density at radius 1 is 0.655 bits per heavy atom. The van der Waals surface area contributed by atoms with Crippen molar-refractivity contribution in [1.29, 1.82) is 5.26 Å². The molecular formula is C26H17N3. The highest BCUT2D eigenvalue weighted by molar-refractivity contribution is 5.84. The highest BCUT2D eigenvalue weighted by Gasteiger charge is 2.13. The molecule has 0 fully saturated rings. The van der Waals surface area contributed by atoms with Crippen molar-refractivity contribution in [1.82, 2.24) is 9.38 Å². The lowest BCUT2D eigenvalue weighted by atomic mass is 10.00. The molecule has 2 heterocycles. The molecule has 29 heavy (non-hydrogen) atoms. The van der Waals surface area contributed by atoms with Gasteiger partial charge in [-0.25, -0.2) is 4.98 Å². The summed E-state index contributed by atoms with van der Waals surface area (Å²) >= 11 is 0. The summed E-state index contributed by atoms with van der Waals surface area (Å²) in [6.45, 7) is 0. The number of aromatic nitrogens is 2. The summed E-state index contributed by atoms with van der Waals surface area (Å²) in [4.78, 5) is 4.93. The van der Waals surface area contributed by atoms with Crippen LogP contribution >= 0.6 is 0 Å². The Kier molecular flexibility index (Phi) is 4.16. The van der Waals surface area contributed by atoms with Crippen LogP contribution in [0.25, 0.3) is 39.2 Å². The van der Waals surface area contributed by atoms with Crippen molar-refractivity contribution < 1.29 is 0 Å². The molecule has 136 valence electrons. The summed E-state index contributed by atoms with van der Waals surface area (Å²) in [5.41, 5.74) is 7.75. The number of nitrogens with zero attached hydrogens (tertiary/aromatic N) is 3. The summed E-state index contributed by atoms with van der Waals surface area (Å²) in [5, 5.41) is 9.34. The van der Waals surface area contributed by atoms with Gasteiger partial charge in [0.2, 0.25) is 0 Å². The molecule has 0 bridgehead atoms. The molecule has 2 aromatic heterocycles. The van der Waals surface area contributed by atoms with E-state index >= 15 is 0 Å². The van der Waals surface area contributed by atoms with E-state index < -0.39 is 0 Å². The van der Waals surface area contributed by atoms with Crippen molar-refractivity contribution in [2.75, 3.05) is 0 Å². The molecule has 3 heteroatoms. The number of benzene rings is 3. The second-order valence-corrected chi connectivity index (χ2v) is 6.92. The van der Waals surface area contributed by atoms with Gasteiger partial charge in [0.15, 0.2) is 0 Å². The van der Waals surface area contributed by atoms with E-state index in [2.05, 4.69) is 53.2 Å². The molecule has 0 atom stereocenters. The van der Waals surface area contributed by atoms with Crippen LogP contribution < -0.4 is 0 Å². The number of pyridine rings is 1. The fourth-order valence-electron chi connectivity index (χ4n) is 3.60. The standard InChI is InChI=1S/C26H17N3/c27-16-19-8-7-13-22(14-19)24-15-23(20-9-3-1-4-10-20)17-29-18-25(28-26(24)29)21-11-5-2-6-12-21/h1-15,17-18H. The molecule has 0 aliphatic rings. The minimum Gasteiger partial charge on any atom is -0.305 e. The average Bonchev–Trinajstić information content (AvgIpc) is 3.24. The van der Waals surface area contributed by atoms with E-state index in [9.17, 15) is 5.26 Å². The molecule has 3 aromatic carbocycles. The van der Waals surface area contributed by atoms with Crippen LogP contribution in [0.5, 0.6) is 0 Å². The van der Waals surface area contributed by atoms with Gasteiger partial charge in [-0.1, -0.05) is 72.8 Å². The van der Waals surface area contributed by atoms with Crippen molar-refractivity contribution >= 4 is 5.65 Å². The highest BCUT2D eigenvalue weighted by Crippen LogP contribution is 2.32. The number of hydrogen-bond acceptors (Lipinski definition) is 2. The summed E-state index contributed by atoms with van der Waals surface area (Å²) in [5.74, 6) is 0. The van der Waals surface area contributed by atoms with Crippen LogP contribution in [0.4, 0.5) is 0 Å². The molecule has 0 saturated heterocycles. The Hall–Kier alpha value is -4.16. The zero-order valence-corrected chi connectivity index (χ0v) is 15.7. The molecule has 3 nitrogen and oxygen atoms in total. The third-order valence-corrected chi connectivity index (χ3v) is 5.03. The maximum Gasteiger partial charge on any atom is 0.145 e. The molecule has 0 spiro atoms. The van der Waals surface area contributed by atoms with Gasteiger partial charge < -0.3 is 4.40 Å². The third-order valence-electron chi connectivity index (χ3n) is 5.03. The number of nitriles is 1. The summed E-state index contributed by atoms with van der Waals surface area (Å²) < 4.78 is 2.08. The highest BCUT2D eigenvalue weighted by atomic mass is 15.0. The average molecular weight is 371 g/mol. The van der Waals surface area contributed by atoms with E-state index in [0.29, 0.717) is 5.56 Å². The molecule has 5 rings (SSSR count). The number of rotatable bonds is 3. The van der Waals surface area contributed by atoms with Gasteiger partial charge in [-0.3, -0.25) is 0 Å². The van der Waals surface area contributed by atoms with E-state index in [1.54, 1.807) is 0 Å². The van der Waals surface area contributed by atoms with Gasteiger partial charge in [-0.05, 0) is 34.9 Å². The van der Waals surface area contributed by atoms with Crippen LogP contribution in [0, 0.1) is 11.3 Å². The van der Waals surface area contributed by atoms with Gasteiger partial charge in [-0.2, -0.15) is 5.26 Å². The molecule has 0 saturated carbocycles. The zero-order chi connectivity index (χ0) is 19.6. The first-order valence-corrected chi connectivity index (χ1v) is 9.46. The molecular weight excluding hydrogens is 354 g/mol. The van der Waals surface area contributed by atoms with Crippen LogP contribution in [0.15, 0.2) is 103 Å². The normalized spacial score (nSPS) is 10.7. The number of fused-ring (bicyclic) bond motifs is 1. The Labute approximate surface area is 169 Å².